The topological polar surface area (TPSA) is 99.0 Å². The fraction of sp³-hybridized carbons (Fsp3) is 0.476. The van der Waals surface area contributed by atoms with Crippen LogP contribution in [-0.4, -0.2) is 34.0 Å². The highest BCUT2D eigenvalue weighted by molar-refractivity contribution is 5.66. The van der Waals surface area contributed by atoms with E-state index in [-0.39, 0.29) is 24.9 Å². The van der Waals surface area contributed by atoms with E-state index < -0.39 is 18.2 Å². The molecule has 0 radical (unpaired) electrons. The van der Waals surface area contributed by atoms with E-state index in [9.17, 15) is 15.0 Å². The van der Waals surface area contributed by atoms with Gasteiger partial charge in [-0.15, -0.1) is 0 Å². The lowest BCUT2D eigenvalue weighted by Crippen LogP contribution is -2.30. The van der Waals surface area contributed by atoms with Crippen LogP contribution in [0.2, 0.25) is 0 Å². The number of hydroxylamine groups is 1. The molecular formula is C21H25NO5. The second-order valence-corrected chi connectivity index (χ2v) is 7.26. The first-order valence-electron chi connectivity index (χ1n) is 9.12. The average molecular weight is 371 g/mol. The number of carboxylic acids is 1. The monoisotopic (exact) mass is 371 g/mol. The smallest absolute Gasteiger partial charge is 0.305 e. The number of rotatable bonds is 6. The molecule has 1 aromatic carbocycles. The average Bonchev–Trinajstić information content (AvgIpc) is 2.83. The zero-order valence-electron chi connectivity index (χ0n) is 15.5. The predicted octanol–water partition coefficient (Wildman–Crippen LogP) is 1.99. The Kier molecular flexibility index (Phi) is 5.85. The molecule has 6 heteroatoms. The van der Waals surface area contributed by atoms with Gasteiger partial charge in [-0.25, -0.2) is 0 Å². The van der Waals surface area contributed by atoms with E-state index in [0.717, 1.165) is 28.0 Å². The van der Waals surface area contributed by atoms with Crippen LogP contribution < -0.4 is 5.48 Å². The Labute approximate surface area is 158 Å². The van der Waals surface area contributed by atoms with E-state index in [1.807, 2.05) is 32.0 Å². The highest BCUT2D eigenvalue weighted by Gasteiger charge is 2.45. The summed E-state index contributed by atoms with van der Waals surface area (Å²) < 4.78 is 0. The SMILES string of the molecule is Cc1ccc(C(O)C#CC2C(O)CC3=C(NOCCC(=O)O)CC32)c(C)c1. The summed E-state index contributed by atoms with van der Waals surface area (Å²) in [7, 11) is 0. The van der Waals surface area contributed by atoms with Gasteiger partial charge >= 0.3 is 5.97 Å². The summed E-state index contributed by atoms with van der Waals surface area (Å²) in [4.78, 5) is 15.6. The summed E-state index contributed by atoms with van der Waals surface area (Å²) in [6.07, 6.45) is -0.274. The third-order valence-corrected chi connectivity index (χ3v) is 5.26. The first-order valence-corrected chi connectivity index (χ1v) is 9.12. The largest absolute Gasteiger partial charge is 0.481 e. The molecule has 0 amide bonds. The van der Waals surface area contributed by atoms with Crippen molar-refractivity contribution in [3.8, 4) is 11.8 Å². The van der Waals surface area contributed by atoms with Crippen LogP contribution in [0.3, 0.4) is 0 Å². The highest BCUT2D eigenvalue weighted by atomic mass is 16.6. The van der Waals surface area contributed by atoms with Crippen molar-refractivity contribution in [2.45, 2.75) is 45.3 Å². The molecule has 1 saturated carbocycles. The molecule has 0 aromatic heterocycles. The number of fused-ring (bicyclic) bond motifs is 1. The van der Waals surface area contributed by atoms with Gasteiger partial charge < -0.3 is 15.3 Å². The third kappa shape index (κ3) is 4.33. The van der Waals surface area contributed by atoms with Crippen LogP contribution >= 0.6 is 0 Å². The molecule has 2 aliphatic carbocycles. The predicted molar refractivity (Wildman–Crippen MR) is 99.2 cm³/mol. The van der Waals surface area contributed by atoms with Crippen LogP contribution in [0.1, 0.15) is 42.1 Å². The van der Waals surface area contributed by atoms with Crippen molar-refractivity contribution < 1.29 is 25.0 Å². The number of carboxylic acid groups (broad SMARTS) is 1. The second kappa shape index (κ2) is 8.13. The molecule has 1 aromatic rings. The first-order chi connectivity index (χ1) is 12.9. The van der Waals surface area contributed by atoms with Crippen molar-refractivity contribution in [1.82, 2.24) is 5.48 Å². The Morgan fingerprint density at radius 3 is 2.85 bits per heavy atom. The summed E-state index contributed by atoms with van der Waals surface area (Å²) in [5.41, 5.74) is 7.71. The minimum atomic E-state index is -0.907. The van der Waals surface area contributed by atoms with Crippen LogP contribution in [0.5, 0.6) is 0 Å². The van der Waals surface area contributed by atoms with Crippen molar-refractivity contribution in [2.75, 3.05) is 6.61 Å². The number of nitrogens with one attached hydrogen (secondary N) is 1. The Balaban J connectivity index is 1.61. The van der Waals surface area contributed by atoms with Gasteiger partial charge in [-0.2, -0.15) is 0 Å². The molecule has 2 aliphatic rings. The summed E-state index contributed by atoms with van der Waals surface area (Å²) >= 11 is 0. The molecule has 144 valence electrons. The molecule has 4 unspecified atom stereocenters. The van der Waals surface area contributed by atoms with Crippen LogP contribution in [-0.2, 0) is 9.63 Å². The molecule has 3 rings (SSSR count). The zero-order valence-corrected chi connectivity index (χ0v) is 15.5. The molecule has 1 fully saturated rings. The molecular weight excluding hydrogens is 346 g/mol. The number of aryl methyl sites for hydroxylation is 2. The fourth-order valence-electron chi connectivity index (χ4n) is 3.77. The summed E-state index contributed by atoms with van der Waals surface area (Å²) in [5.74, 6) is 5.02. The van der Waals surface area contributed by atoms with Gasteiger partial charge in [0.15, 0.2) is 0 Å². The van der Waals surface area contributed by atoms with E-state index >= 15 is 0 Å². The van der Waals surface area contributed by atoms with Crippen LogP contribution in [0.25, 0.3) is 0 Å². The van der Waals surface area contributed by atoms with E-state index in [4.69, 9.17) is 9.94 Å². The number of benzene rings is 1. The standard InChI is InChI=1S/C21H25NO5/c1-12-3-4-14(13(2)9-12)19(23)6-5-15-16-10-18(17(16)11-20(15)24)22-27-8-7-21(25)26/h3-4,9,15-16,19-20,22-24H,7-8,10-11H2,1-2H3,(H,25,26). The van der Waals surface area contributed by atoms with Crippen LogP contribution in [0, 0.1) is 37.5 Å². The lowest BCUT2D eigenvalue weighted by atomic mass is 9.79. The molecule has 4 atom stereocenters. The van der Waals surface area contributed by atoms with E-state index in [1.54, 1.807) is 0 Å². The van der Waals surface area contributed by atoms with Crippen molar-refractivity contribution >= 4 is 5.97 Å². The molecule has 0 heterocycles. The van der Waals surface area contributed by atoms with Gasteiger partial charge in [0.05, 0.1) is 25.0 Å². The number of aliphatic hydroxyl groups excluding tert-OH is 2. The Hall–Kier alpha value is -2.33. The van der Waals surface area contributed by atoms with Crippen molar-refractivity contribution in [2.24, 2.45) is 11.8 Å². The van der Waals surface area contributed by atoms with Gasteiger partial charge in [0.1, 0.15) is 6.10 Å². The maximum Gasteiger partial charge on any atom is 0.305 e. The normalized spacial score (nSPS) is 24.5. The fourth-order valence-corrected chi connectivity index (χ4v) is 3.77. The van der Waals surface area contributed by atoms with E-state index in [0.29, 0.717) is 12.8 Å². The summed E-state index contributed by atoms with van der Waals surface area (Å²) in [5, 5.41) is 29.3. The summed E-state index contributed by atoms with van der Waals surface area (Å²) in [6.45, 7) is 4.04. The molecule has 0 saturated heterocycles. The van der Waals surface area contributed by atoms with Gasteiger partial charge in [-0.3, -0.25) is 15.1 Å². The van der Waals surface area contributed by atoms with E-state index in [1.165, 1.54) is 0 Å². The van der Waals surface area contributed by atoms with Crippen molar-refractivity contribution in [3.05, 3.63) is 46.2 Å². The highest BCUT2D eigenvalue weighted by Crippen LogP contribution is 2.48. The van der Waals surface area contributed by atoms with Gasteiger partial charge in [0.25, 0.3) is 0 Å². The van der Waals surface area contributed by atoms with Crippen LogP contribution in [0.4, 0.5) is 0 Å². The number of hydrogen-bond acceptors (Lipinski definition) is 5. The number of aliphatic carboxylic acids is 1. The minimum Gasteiger partial charge on any atom is -0.481 e. The number of aliphatic hydroxyl groups is 2. The quantitative estimate of drug-likeness (QED) is 0.347. The molecule has 0 spiro atoms. The molecule has 27 heavy (non-hydrogen) atoms. The second-order valence-electron chi connectivity index (χ2n) is 7.26. The van der Waals surface area contributed by atoms with Gasteiger partial charge in [0, 0.05) is 11.6 Å². The number of allylic oxidation sites excluding steroid dienone is 1. The van der Waals surface area contributed by atoms with E-state index in [2.05, 4.69) is 17.3 Å². The summed E-state index contributed by atoms with van der Waals surface area (Å²) in [6, 6.07) is 5.85. The van der Waals surface area contributed by atoms with Crippen molar-refractivity contribution in [1.29, 1.82) is 0 Å². The maximum absolute atomic E-state index is 10.5. The van der Waals surface area contributed by atoms with Gasteiger partial charge in [0.2, 0.25) is 0 Å². The number of hydrogen-bond donors (Lipinski definition) is 4. The number of carbonyl (C=O) groups is 1. The maximum atomic E-state index is 10.5. The first kappa shape index (κ1) is 19.4. The van der Waals surface area contributed by atoms with Gasteiger partial charge in [-0.1, -0.05) is 35.6 Å². The molecule has 4 N–H and O–H groups in total. The lowest BCUT2D eigenvalue weighted by molar-refractivity contribution is -0.138. The zero-order chi connectivity index (χ0) is 19.6. The molecule has 6 nitrogen and oxygen atoms in total. The minimum absolute atomic E-state index is 0.0634. The Bertz CT molecular complexity index is 820. The van der Waals surface area contributed by atoms with Crippen LogP contribution in [0.15, 0.2) is 29.5 Å². The van der Waals surface area contributed by atoms with Crippen molar-refractivity contribution in [3.63, 3.8) is 0 Å². The molecule has 0 bridgehead atoms. The lowest BCUT2D eigenvalue weighted by Gasteiger charge is -2.30. The third-order valence-electron chi connectivity index (χ3n) is 5.26. The van der Waals surface area contributed by atoms with Gasteiger partial charge in [-0.05, 0) is 43.4 Å². The Morgan fingerprint density at radius 2 is 2.15 bits per heavy atom. The molecule has 0 aliphatic heterocycles. The Morgan fingerprint density at radius 1 is 1.37 bits per heavy atom.